The van der Waals surface area contributed by atoms with Crippen LogP contribution in [-0.4, -0.2) is 8.07 Å². The second kappa shape index (κ2) is 4.97. The molecule has 0 aliphatic heterocycles. The minimum absolute atomic E-state index is 1.02. The van der Waals surface area contributed by atoms with E-state index in [2.05, 4.69) is 38.7 Å². The third-order valence-corrected chi connectivity index (χ3v) is 5.25. The van der Waals surface area contributed by atoms with Crippen LogP contribution in [0, 0.1) is 0 Å². The quantitative estimate of drug-likeness (QED) is 0.590. The van der Waals surface area contributed by atoms with Crippen molar-refractivity contribution in [1.82, 2.24) is 0 Å². The van der Waals surface area contributed by atoms with Crippen molar-refractivity contribution in [2.75, 3.05) is 0 Å². The van der Waals surface area contributed by atoms with Crippen molar-refractivity contribution < 1.29 is 0 Å². The fraction of sp³-hybridized carbons (Fsp3) is 0.692. The van der Waals surface area contributed by atoms with Crippen molar-refractivity contribution >= 4 is 8.07 Å². The normalized spacial score (nSPS) is 21.1. The Morgan fingerprint density at radius 2 is 2.00 bits per heavy atom. The van der Waals surface area contributed by atoms with Gasteiger partial charge in [-0.15, -0.1) is 0 Å². The van der Waals surface area contributed by atoms with Gasteiger partial charge in [-0.3, -0.25) is 0 Å². The van der Waals surface area contributed by atoms with Crippen molar-refractivity contribution in [3.05, 3.63) is 22.9 Å². The third-order valence-electron chi connectivity index (χ3n) is 2.93. The van der Waals surface area contributed by atoms with Crippen LogP contribution in [0.3, 0.4) is 0 Å². The molecule has 0 bridgehead atoms. The van der Waals surface area contributed by atoms with E-state index in [0.29, 0.717) is 0 Å². The Morgan fingerprint density at radius 3 is 2.57 bits per heavy atom. The SMILES string of the molecule is CCC/C=C1/C=C([Si](C)(C)C)CCC1. The molecule has 0 saturated carbocycles. The van der Waals surface area contributed by atoms with Gasteiger partial charge < -0.3 is 0 Å². The smallest absolute Gasteiger partial charge is 0.0724 e. The van der Waals surface area contributed by atoms with Gasteiger partial charge >= 0.3 is 0 Å². The van der Waals surface area contributed by atoms with E-state index in [9.17, 15) is 0 Å². The summed E-state index contributed by atoms with van der Waals surface area (Å²) in [5.74, 6) is 0. The van der Waals surface area contributed by atoms with E-state index in [4.69, 9.17) is 0 Å². The van der Waals surface area contributed by atoms with Crippen LogP contribution in [0.15, 0.2) is 22.9 Å². The van der Waals surface area contributed by atoms with Gasteiger partial charge in [0.15, 0.2) is 0 Å². The molecule has 0 radical (unpaired) electrons. The Labute approximate surface area is 90.1 Å². The molecule has 0 heterocycles. The molecule has 1 rings (SSSR count). The Balaban J connectivity index is 2.74. The van der Waals surface area contributed by atoms with E-state index in [1.807, 2.05) is 0 Å². The van der Waals surface area contributed by atoms with Crippen LogP contribution in [0.1, 0.15) is 39.0 Å². The molecule has 1 aliphatic carbocycles. The lowest BCUT2D eigenvalue weighted by atomic mass is 10.0. The lowest BCUT2D eigenvalue weighted by Crippen LogP contribution is -2.25. The molecule has 80 valence electrons. The summed E-state index contributed by atoms with van der Waals surface area (Å²) in [4.78, 5) is 0. The molecule has 0 unspecified atom stereocenters. The number of unbranched alkanes of at least 4 members (excludes halogenated alkanes) is 1. The Morgan fingerprint density at radius 1 is 1.29 bits per heavy atom. The maximum atomic E-state index is 2.51. The molecule has 0 aromatic carbocycles. The van der Waals surface area contributed by atoms with Gasteiger partial charge in [0.05, 0.1) is 8.07 Å². The highest BCUT2D eigenvalue weighted by Gasteiger charge is 2.21. The molecular weight excluding hydrogens is 184 g/mol. The first-order chi connectivity index (χ1) is 6.54. The number of hydrogen-bond donors (Lipinski definition) is 0. The van der Waals surface area contributed by atoms with E-state index < -0.39 is 8.07 Å². The first-order valence-electron chi connectivity index (χ1n) is 5.94. The molecule has 1 heteroatoms. The maximum Gasteiger partial charge on any atom is 0.0724 e. The summed E-state index contributed by atoms with van der Waals surface area (Å²) >= 11 is 0. The first kappa shape index (κ1) is 11.8. The zero-order valence-electron chi connectivity index (χ0n) is 10.2. The molecule has 0 atom stereocenters. The zero-order valence-corrected chi connectivity index (χ0v) is 11.2. The Bertz CT molecular complexity index is 240. The molecule has 0 fully saturated rings. The molecule has 0 aromatic rings. The minimum atomic E-state index is -1.02. The summed E-state index contributed by atoms with van der Waals surface area (Å²) in [6.07, 6.45) is 11.5. The fourth-order valence-electron chi connectivity index (χ4n) is 1.93. The summed E-state index contributed by atoms with van der Waals surface area (Å²) in [5, 5.41) is 1.77. The number of allylic oxidation sites excluding steroid dienone is 4. The van der Waals surface area contributed by atoms with Gasteiger partial charge in [-0.1, -0.05) is 55.9 Å². The van der Waals surface area contributed by atoms with Gasteiger partial charge in [0.25, 0.3) is 0 Å². The molecule has 0 nitrogen and oxygen atoms in total. The van der Waals surface area contributed by atoms with E-state index in [1.54, 1.807) is 10.8 Å². The summed E-state index contributed by atoms with van der Waals surface area (Å²) < 4.78 is 0. The predicted octanol–water partition coefficient (Wildman–Crippen LogP) is 4.70. The minimum Gasteiger partial charge on any atom is -0.0813 e. The second-order valence-corrected chi connectivity index (χ2v) is 10.5. The highest BCUT2D eigenvalue weighted by Crippen LogP contribution is 2.29. The van der Waals surface area contributed by atoms with Gasteiger partial charge in [-0.25, -0.2) is 0 Å². The van der Waals surface area contributed by atoms with Crippen molar-refractivity contribution in [3.8, 4) is 0 Å². The predicted molar refractivity (Wildman–Crippen MR) is 68.3 cm³/mol. The molecule has 0 spiro atoms. The lowest BCUT2D eigenvalue weighted by Gasteiger charge is -2.25. The largest absolute Gasteiger partial charge is 0.0813 e. The average Bonchev–Trinajstić information content (AvgIpc) is 2.14. The van der Waals surface area contributed by atoms with Gasteiger partial charge in [0.1, 0.15) is 0 Å². The second-order valence-electron chi connectivity index (χ2n) is 5.34. The molecule has 0 saturated heterocycles. The zero-order chi connectivity index (χ0) is 10.6. The first-order valence-corrected chi connectivity index (χ1v) is 9.44. The van der Waals surface area contributed by atoms with E-state index >= 15 is 0 Å². The van der Waals surface area contributed by atoms with Crippen molar-refractivity contribution in [3.63, 3.8) is 0 Å². The molecule has 1 aliphatic rings. The molecular formula is C13H24Si. The molecule has 14 heavy (non-hydrogen) atoms. The van der Waals surface area contributed by atoms with E-state index in [-0.39, 0.29) is 0 Å². The van der Waals surface area contributed by atoms with Gasteiger partial charge in [-0.2, -0.15) is 0 Å². The Hall–Kier alpha value is -0.303. The number of rotatable bonds is 3. The van der Waals surface area contributed by atoms with Crippen LogP contribution < -0.4 is 0 Å². The highest BCUT2D eigenvalue weighted by molar-refractivity contribution is 6.83. The van der Waals surface area contributed by atoms with Crippen molar-refractivity contribution in [1.29, 1.82) is 0 Å². The van der Waals surface area contributed by atoms with E-state index in [1.165, 1.54) is 32.1 Å². The van der Waals surface area contributed by atoms with Crippen LogP contribution >= 0.6 is 0 Å². The van der Waals surface area contributed by atoms with Gasteiger partial charge in [0.2, 0.25) is 0 Å². The van der Waals surface area contributed by atoms with Gasteiger partial charge in [0, 0.05) is 0 Å². The van der Waals surface area contributed by atoms with Gasteiger partial charge in [-0.05, 0) is 25.7 Å². The monoisotopic (exact) mass is 208 g/mol. The van der Waals surface area contributed by atoms with Crippen LogP contribution in [-0.2, 0) is 0 Å². The van der Waals surface area contributed by atoms with Crippen molar-refractivity contribution in [2.45, 2.75) is 58.7 Å². The van der Waals surface area contributed by atoms with Crippen LogP contribution in [0.4, 0.5) is 0 Å². The molecule has 0 amide bonds. The maximum absolute atomic E-state index is 2.51. The van der Waals surface area contributed by atoms with Crippen molar-refractivity contribution in [2.24, 2.45) is 0 Å². The summed E-state index contributed by atoms with van der Waals surface area (Å²) in [6, 6.07) is 0. The Kier molecular flexibility index (Phi) is 4.18. The molecule has 0 N–H and O–H groups in total. The standard InChI is InChI=1S/C13H24Si/c1-5-6-8-12-9-7-10-13(11-12)14(2,3)4/h8,11H,5-7,9-10H2,1-4H3/b12-8+. The topological polar surface area (TPSA) is 0 Å². The third kappa shape index (κ3) is 3.45. The summed E-state index contributed by atoms with van der Waals surface area (Å²) in [7, 11) is -1.02. The highest BCUT2D eigenvalue weighted by atomic mass is 28.3. The van der Waals surface area contributed by atoms with Crippen LogP contribution in [0.25, 0.3) is 0 Å². The van der Waals surface area contributed by atoms with E-state index in [0.717, 1.165) is 0 Å². The fourth-order valence-corrected chi connectivity index (χ4v) is 3.48. The average molecular weight is 208 g/mol. The molecule has 0 aromatic heterocycles. The van der Waals surface area contributed by atoms with Crippen LogP contribution in [0.5, 0.6) is 0 Å². The van der Waals surface area contributed by atoms with Crippen LogP contribution in [0.2, 0.25) is 19.6 Å². The lowest BCUT2D eigenvalue weighted by molar-refractivity contribution is 0.796. The number of hydrogen-bond acceptors (Lipinski definition) is 0. The summed E-state index contributed by atoms with van der Waals surface area (Å²) in [5.41, 5.74) is 1.61. The summed E-state index contributed by atoms with van der Waals surface area (Å²) in [6.45, 7) is 9.63.